The number of hydrogen-bond acceptors (Lipinski definition) is 5. The Hall–Kier alpha value is -2.20. The quantitative estimate of drug-likeness (QED) is 0.547. The third-order valence-electron chi connectivity index (χ3n) is 1.91. The largest absolute Gasteiger partial charge is 0.508 e. The van der Waals surface area contributed by atoms with E-state index in [0.717, 1.165) is 17.8 Å². The number of anilines is 1. The summed E-state index contributed by atoms with van der Waals surface area (Å²) in [4.78, 5) is 22.4. The average Bonchev–Trinajstić information content (AvgIpc) is 2.31. The van der Waals surface area contributed by atoms with Crippen molar-refractivity contribution < 1.29 is 19.8 Å². The number of benzene rings is 1. The number of carboxylic acid groups (broad SMARTS) is 1. The van der Waals surface area contributed by atoms with Crippen LogP contribution in [0.3, 0.4) is 0 Å². The van der Waals surface area contributed by atoms with Crippen LogP contribution in [0.2, 0.25) is 0 Å². The van der Waals surface area contributed by atoms with Crippen molar-refractivity contribution in [2.24, 2.45) is 0 Å². The molecule has 3 N–H and O–H groups in total. The second-order valence-corrected chi connectivity index (χ2v) is 4.22. The fourth-order valence-electron chi connectivity index (χ4n) is 1.19. The van der Waals surface area contributed by atoms with Crippen molar-refractivity contribution in [1.82, 2.24) is 0 Å². The van der Waals surface area contributed by atoms with E-state index in [2.05, 4.69) is 5.32 Å². The molecule has 0 heterocycles. The average molecular weight is 266 g/mol. The molecule has 6 nitrogen and oxygen atoms in total. The van der Waals surface area contributed by atoms with E-state index >= 15 is 0 Å². The molecule has 94 valence electrons. The number of nitriles is 1. The van der Waals surface area contributed by atoms with Gasteiger partial charge in [0.2, 0.25) is 5.91 Å². The molecule has 0 aliphatic rings. The summed E-state index contributed by atoms with van der Waals surface area (Å²) in [6.45, 7) is 0. The molecule has 0 radical (unpaired) electrons. The van der Waals surface area contributed by atoms with Gasteiger partial charge in [0, 0.05) is 0 Å². The number of amides is 1. The van der Waals surface area contributed by atoms with Gasteiger partial charge in [-0.15, -0.1) is 11.8 Å². The summed E-state index contributed by atoms with van der Waals surface area (Å²) in [5.74, 6) is -1.58. The number of thioether (sulfide) groups is 1. The maximum Gasteiger partial charge on any atom is 0.337 e. The lowest BCUT2D eigenvalue weighted by molar-refractivity contribution is -0.113. The zero-order valence-corrected chi connectivity index (χ0v) is 10.0. The van der Waals surface area contributed by atoms with Gasteiger partial charge in [-0.2, -0.15) is 5.26 Å². The Morgan fingerprint density at radius 3 is 2.78 bits per heavy atom. The minimum Gasteiger partial charge on any atom is -0.508 e. The summed E-state index contributed by atoms with van der Waals surface area (Å²) in [6.07, 6.45) is 0. The number of aromatic hydroxyl groups is 1. The first-order valence-corrected chi connectivity index (χ1v) is 6.01. The lowest BCUT2D eigenvalue weighted by Crippen LogP contribution is -2.16. The first-order chi connectivity index (χ1) is 8.54. The van der Waals surface area contributed by atoms with Gasteiger partial charge in [0.1, 0.15) is 5.75 Å². The predicted molar refractivity (Wildman–Crippen MR) is 66.6 cm³/mol. The highest BCUT2D eigenvalue weighted by Crippen LogP contribution is 2.21. The van der Waals surface area contributed by atoms with Crippen LogP contribution in [-0.2, 0) is 4.79 Å². The number of carbonyl (C=O) groups is 2. The minimum absolute atomic E-state index is 0.0630. The lowest BCUT2D eigenvalue weighted by Gasteiger charge is -2.08. The molecule has 0 aliphatic carbocycles. The summed E-state index contributed by atoms with van der Waals surface area (Å²) < 4.78 is 0. The van der Waals surface area contributed by atoms with E-state index in [1.54, 1.807) is 0 Å². The second-order valence-electron chi connectivity index (χ2n) is 3.23. The highest BCUT2D eigenvalue weighted by Gasteiger charge is 2.13. The summed E-state index contributed by atoms with van der Waals surface area (Å²) in [5.41, 5.74) is -0.0727. The van der Waals surface area contributed by atoms with Crippen molar-refractivity contribution in [3.63, 3.8) is 0 Å². The van der Waals surface area contributed by atoms with Gasteiger partial charge >= 0.3 is 5.97 Å². The number of phenols is 1. The minimum atomic E-state index is -1.24. The molecule has 0 saturated carbocycles. The van der Waals surface area contributed by atoms with Crippen molar-refractivity contribution in [3.05, 3.63) is 23.8 Å². The molecule has 0 aliphatic heterocycles. The molecule has 1 aromatic rings. The number of carbonyl (C=O) groups excluding carboxylic acids is 1. The second kappa shape index (κ2) is 6.51. The van der Waals surface area contributed by atoms with Gasteiger partial charge in [0.05, 0.1) is 28.8 Å². The standard InChI is InChI=1S/C11H10N2O4S/c12-3-4-18-6-10(15)13-9-2-1-7(14)5-8(9)11(16)17/h1-2,5,14H,4,6H2,(H,13,15)(H,16,17). The summed E-state index contributed by atoms with van der Waals surface area (Å²) in [5, 5.41) is 28.8. The number of hydrogen-bond donors (Lipinski definition) is 3. The van der Waals surface area contributed by atoms with Crippen LogP contribution in [0.25, 0.3) is 0 Å². The Morgan fingerprint density at radius 1 is 1.44 bits per heavy atom. The van der Waals surface area contributed by atoms with E-state index in [0.29, 0.717) is 0 Å². The molecule has 1 rings (SSSR count). The number of phenolic OH excluding ortho intramolecular Hbond substituents is 1. The summed E-state index contributed by atoms with van der Waals surface area (Å²) in [6, 6.07) is 5.53. The van der Waals surface area contributed by atoms with E-state index in [9.17, 15) is 14.7 Å². The molecule has 0 unspecified atom stereocenters. The molecule has 18 heavy (non-hydrogen) atoms. The number of rotatable bonds is 5. The van der Waals surface area contributed by atoms with Crippen molar-refractivity contribution in [2.45, 2.75) is 0 Å². The summed E-state index contributed by atoms with van der Waals surface area (Å²) >= 11 is 1.13. The van der Waals surface area contributed by atoms with E-state index in [1.807, 2.05) is 6.07 Å². The third-order valence-corrected chi connectivity index (χ3v) is 2.71. The van der Waals surface area contributed by atoms with Gasteiger partial charge in [0.15, 0.2) is 0 Å². The zero-order chi connectivity index (χ0) is 13.5. The molecule has 0 atom stereocenters. The van der Waals surface area contributed by atoms with Gasteiger partial charge in [-0.3, -0.25) is 4.79 Å². The fourth-order valence-corrected chi connectivity index (χ4v) is 1.64. The first kappa shape index (κ1) is 13.9. The van der Waals surface area contributed by atoms with E-state index in [-0.39, 0.29) is 28.5 Å². The molecule has 1 amide bonds. The van der Waals surface area contributed by atoms with Crippen molar-refractivity contribution in [1.29, 1.82) is 5.26 Å². The van der Waals surface area contributed by atoms with Crippen LogP contribution in [0.4, 0.5) is 5.69 Å². The van der Waals surface area contributed by atoms with Gasteiger partial charge in [-0.25, -0.2) is 4.79 Å². The number of aromatic carboxylic acids is 1. The Morgan fingerprint density at radius 2 is 2.17 bits per heavy atom. The Kier molecular flexibility index (Phi) is 5.02. The van der Waals surface area contributed by atoms with Crippen LogP contribution < -0.4 is 5.32 Å². The van der Waals surface area contributed by atoms with Crippen LogP contribution in [-0.4, -0.2) is 33.6 Å². The fraction of sp³-hybridized carbons (Fsp3) is 0.182. The van der Waals surface area contributed by atoms with Crippen molar-refractivity contribution in [2.75, 3.05) is 16.8 Å². The monoisotopic (exact) mass is 266 g/mol. The Bertz CT molecular complexity index is 510. The third kappa shape index (κ3) is 3.99. The van der Waals surface area contributed by atoms with Gasteiger partial charge in [-0.05, 0) is 18.2 Å². The maximum atomic E-state index is 11.5. The zero-order valence-electron chi connectivity index (χ0n) is 9.21. The van der Waals surface area contributed by atoms with Gasteiger partial charge in [-0.1, -0.05) is 0 Å². The molecule has 0 aromatic heterocycles. The number of carboxylic acids is 1. The molecule has 7 heteroatoms. The van der Waals surface area contributed by atoms with Crippen molar-refractivity contribution in [3.8, 4) is 11.8 Å². The molecular weight excluding hydrogens is 256 g/mol. The normalized spacial score (nSPS) is 9.50. The highest BCUT2D eigenvalue weighted by molar-refractivity contribution is 8.00. The number of nitrogens with zero attached hydrogens (tertiary/aromatic N) is 1. The van der Waals surface area contributed by atoms with Gasteiger partial charge in [0.25, 0.3) is 0 Å². The predicted octanol–water partition coefficient (Wildman–Crippen LogP) is 1.29. The smallest absolute Gasteiger partial charge is 0.337 e. The topological polar surface area (TPSA) is 110 Å². The number of nitrogens with one attached hydrogen (secondary N) is 1. The molecule has 1 aromatic carbocycles. The molecule has 0 saturated heterocycles. The molecule has 0 fully saturated rings. The molecule has 0 spiro atoms. The SMILES string of the molecule is N#CCSCC(=O)Nc1ccc(O)cc1C(=O)O. The first-order valence-electron chi connectivity index (χ1n) is 4.85. The van der Waals surface area contributed by atoms with Crippen LogP contribution >= 0.6 is 11.8 Å². The van der Waals surface area contributed by atoms with E-state index < -0.39 is 11.9 Å². The maximum absolute atomic E-state index is 11.5. The van der Waals surface area contributed by atoms with Crippen LogP contribution in [0.15, 0.2) is 18.2 Å². The van der Waals surface area contributed by atoms with E-state index in [4.69, 9.17) is 10.4 Å². The molecule has 0 bridgehead atoms. The van der Waals surface area contributed by atoms with Crippen molar-refractivity contribution >= 4 is 29.3 Å². The van der Waals surface area contributed by atoms with Gasteiger partial charge < -0.3 is 15.5 Å². The molecular formula is C11H10N2O4S. The lowest BCUT2D eigenvalue weighted by atomic mass is 10.1. The summed E-state index contributed by atoms with van der Waals surface area (Å²) in [7, 11) is 0. The van der Waals surface area contributed by atoms with Crippen LogP contribution in [0.5, 0.6) is 5.75 Å². The highest BCUT2D eigenvalue weighted by atomic mass is 32.2. The van der Waals surface area contributed by atoms with Crippen LogP contribution in [0, 0.1) is 11.3 Å². The van der Waals surface area contributed by atoms with E-state index in [1.165, 1.54) is 12.1 Å². The Balaban J connectivity index is 2.75. The van der Waals surface area contributed by atoms with Crippen LogP contribution in [0.1, 0.15) is 10.4 Å². The Labute approximate surface area is 107 Å².